The Labute approximate surface area is 82.7 Å². The van der Waals surface area contributed by atoms with Crippen molar-refractivity contribution in [2.75, 3.05) is 0 Å². The Bertz CT molecular complexity index is 8.00. The first-order chi connectivity index (χ1) is 0. The molecule has 5 radical (unpaired) electrons. The Kier molecular flexibility index (Phi) is 128. The van der Waals surface area contributed by atoms with E-state index < -0.39 is 0 Å². The molecule has 13 valence electrons. The summed E-state index contributed by atoms with van der Waals surface area (Å²) in [4.78, 5) is 0. The third-order valence-corrected chi connectivity index (χ3v) is 0. The summed E-state index contributed by atoms with van der Waals surface area (Å²) < 4.78 is 0. The molecule has 4 heteroatoms. The average molecular weight is 415 g/mol. The standard InChI is InChI=1S/Ga.Hg.Se.Zn. The molecule has 0 bridgehead atoms. The Balaban J connectivity index is 0. The van der Waals surface area contributed by atoms with Gasteiger partial charge in [0.05, 0.1) is 0 Å². The molecule has 0 saturated heterocycles. The van der Waals surface area contributed by atoms with Gasteiger partial charge in [0.15, 0.2) is 0 Å². The Hall–Kier alpha value is 2.71. The zero-order valence-electron chi connectivity index (χ0n) is 2.40. The predicted molar refractivity (Wildman–Crippen MR) is 11.5 cm³/mol. The van der Waals surface area contributed by atoms with Gasteiger partial charge in [-0.15, -0.1) is 0 Å². The largest absolute Gasteiger partial charge is 0 e. The summed E-state index contributed by atoms with van der Waals surface area (Å²) >= 11 is 0. The molecular weight excluding hydrogens is 415 g/mol. The van der Waals surface area contributed by atoms with E-state index in [0.29, 0.717) is 0 Å². The van der Waals surface area contributed by atoms with Crippen LogP contribution < -0.4 is 0 Å². The van der Waals surface area contributed by atoms with Crippen molar-refractivity contribution in [3.63, 3.8) is 0 Å². The van der Waals surface area contributed by atoms with Crippen molar-refractivity contribution < 1.29 is 47.1 Å². The van der Waals surface area contributed by atoms with Crippen molar-refractivity contribution in [1.29, 1.82) is 0 Å². The summed E-state index contributed by atoms with van der Waals surface area (Å²) in [6.45, 7) is 0. The van der Waals surface area contributed by atoms with Gasteiger partial charge >= 0.3 is 0 Å². The van der Waals surface area contributed by atoms with E-state index in [2.05, 4.69) is 0 Å². The summed E-state index contributed by atoms with van der Waals surface area (Å²) in [6.07, 6.45) is 0. The molecule has 0 aliphatic heterocycles. The summed E-state index contributed by atoms with van der Waals surface area (Å²) in [5, 5.41) is 0. The second-order valence-corrected chi connectivity index (χ2v) is 0. The van der Waals surface area contributed by atoms with Crippen molar-refractivity contribution >= 4 is 36.9 Å². The van der Waals surface area contributed by atoms with Crippen LogP contribution in [0.25, 0.3) is 0 Å². The van der Waals surface area contributed by atoms with E-state index in [1.54, 1.807) is 0 Å². The van der Waals surface area contributed by atoms with E-state index in [4.69, 9.17) is 0 Å². The molecule has 0 aromatic carbocycles. The zero-order valence-corrected chi connectivity index (χ0v) is 15.0. The quantitative estimate of drug-likeness (QED) is 0.457. The molecule has 0 aliphatic carbocycles. The molecule has 0 unspecified atom stereocenters. The van der Waals surface area contributed by atoms with Crippen molar-refractivity contribution in [3.8, 4) is 0 Å². The predicted octanol–water partition coefficient (Wildman–Crippen LogP) is -0.767. The van der Waals surface area contributed by atoms with Crippen LogP contribution in [0.2, 0.25) is 0 Å². The Morgan fingerprint density at radius 2 is 1.00 bits per heavy atom. The van der Waals surface area contributed by atoms with Gasteiger partial charge in [-0.25, -0.2) is 0 Å². The van der Waals surface area contributed by atoms with Gasteiger partial charge in [0.1, 0.15) is 0 Å². The topological polar surface area (TPSA) is 0 Å². The molecule has 0 N–H and O–H groups in total. The average Bonchev–Trinajstić information content (AvgIpc) is 0. The third kappa shape index (κ3) is 8.83. The van der Waals surface area contributed by atoms with Gasteiger partial charge < -0.3 is 0 Å². The maximum Gasteiger partial charge on any atom is 0 e. The monoisotopic (exact) mass is 415 g/mol. The number of hydrogen-bond donors (Lipinski definition) is 0. The van der Waals surface area contributed by atoms with Crippen molar-refractivity contribution in [1.82, 2.24) is 0 Å². The van der Waals surface area contributed by atoms with Crippen molar-refractivity contribution in [2.45, 2.75) is 0 Å². The second kappa shape index (κ2) is 17.2. The van der Waals surface area contributed by atoms with Crippen LogP contribution in [0.1, 0.15) is 0 Å². The molecule has 0 amide bonds. The van der Waals surface area contributed by atoms with Gasteiger partial charge in [0.2, 0.25) is 0 Å². The van der Waals surface area contributed by atoms with Gasteiger partial charge in [0, 0.05) is 84.0 Å². The van der Waals surface area contributed by atoms with Gasteiger partial charge in [-0.2, -0.15) is 0 Å². The molecule has 0 heterocycles. The number of rotatable bonds is 0. The summed E-state index contributed by atoms with van der Waals surface area (Å²) in [6, 6.07) is 0. The Morgan fingerprint density at radius 1 is 1.00 bits per heavy atom. The maximum atomic E-state index is 0. The van der Waals surface area contributed by atoms with Crippen LogP contribution in [0.15, 0.2) is 0 Å². The molecule has 0 fully saturated rings. The second-order valence-electron chi connectivity index (χ2n) is 0. The molecule has 0 nitrogen and oxygen atoms in total. The van der Waals surface area contributed by atoms with Gasteiger partial charge in [-0.05, 0) is 0 Å². The fourth-order valence-corrected chi connectivity index (χ4v) is 0. The van der Waals surface area contributed by atoms with E-state index in [9.17, 15) is 0 Å². The SMILES string of the molecule is [Ga].[Hg].[Se].[Zn]. The van der Waals surface area contributed by atoms with Crippen molar-refractivity contribution in [2.24, 2.45) is 0 Å². The van der Waals surface area contributed by atoms with Gasteiger partial charge in [-0.3, -0.25) is 0 Å². The van der Waals surface area contributed by atoms with E-state index >= 15 is 0 Å². The first-order valence-electron chi connectivity index (χ1n) is 0. The molecule has 0 saturated carbocycles. The van der Waals surface area contributed by atoms with Crippen LogP contribution >= 0.6 is 0 Å². The zero-order chi connectivity index (χ0) is 0. The molecule has 0 aromatic rings. The fraction of sp³-hybridized carbons (Fsp3) is 0. The van der Waals surface area contributed by atoms with Crippen LogP contribution in [0.3, 0.4) is 0 Å². The first-order valence-corrected chi connectivity index (χ1v) is 0. The maximum absolute atomic E-state index is 0. The third-order valence-electron chi connectivity index (χ3n) is 0. The first kappa shape index (κ1) is 29.8. The molecule has 0 aromatic heterocycles. The molecule has 4 heavy (non-hydrogen) atoms. The van der Waals surface area contributed by atoms with E-state index in [1.165, 1.54) is 0 Å². The minimum absolute atomic E-state index is 0. The van der Waals surface area contributed by atoms with E-state index in [-0.39, 0.29) is 84.0 Å². The molecule has 0 aliphatic rings. The summed E-state index contributed by atoms with van der Waals surface area (Å²) in [5.74, 6) is 0. The normalized spacial score (nSPS) is 0. The van der Waals surface area contributed by atoms with Crippen LogP contribution in [0.5, 0.6) is 0 Å². The summed E-state index contributed by atoms with van der Waals surface area (Å²) in [7, 11) is 0. The van der Waals surface area contributed by atoms with Crippen LogP contribution in [-0.4, -0.2) is 36.9 Å². The summed E-state index contributed by atoms with van der Waals surface area (Å²) in [5.41, 5.74) is 0. The smallest absolute Gasteiger partial charge is 0 e. The van der Waals surface area contributed by atoms with E-state index in [1.807, 2.05) is 0 Å². The van der Waals surface area contributed by atoms with Crippen molar-refractivity contribution in [3.05, 3.63) is 0 Å². The minimum Gasteiger partial charge on any atom is 0 e. The molecule has 0 rings (SSSR count). The van der Waals surface area contributed by atoms with E-state index in [0.717, 1.165) is 0 Å². The molecule has 0 spiro atoms. The minimum atomic E-state index is 0. The Morgan fingerprint density at radius 3 is 1.00 bits per heavy atom. The molecular formula is GaHgSeZn. The van der Waals surface area contributed by atoms with Gasteiger partial charge in [0.25, 0.3) is 0 Å². The van der Waals surface area contributed by atoms with Crippen LogP contribution in [0, 0.1) is 0 Å². The van der Waals surface area contributed by atoms with Gasteiger partial charge in [-0.1, -0.05) is 0 Å². The molecule has 0 atom stereocenters. The fourth-order valence-electron chi connectivity index (χ4n) is 0. The van der Waals surface area contributed by atoms with Crippen LogP contribution in [0.4, 0.5) is 0 Å². The number of hydrogen-bond acceptors (Lipinski definition) is 0. The van der Waals surface area contributed by atoms with Crippen LogP contribution in [-0.2, 0) is 47.1 Å².